The molecule has 12 heterocycles. The van der Waals surface area contributed by atoms with Crippen molar-refractivity contribution in [3.8, 4) is 44.9 Å². The Morgan fingerprint density at radius 2 is 0.643 bits per heavy atom. The minimum Gasteiger partial charge on any atom is -0.507 e. The maximum absolute atomic E-state index is 12.3. The molecule has 17 rings (SSSR count). The van der Waals surface area contributed by atoms with Crippen LogP contribution in [0.5, 0.6) is 11.5 Å². The number of benzene rings is 5. The molecule has 0 fully saturated rings. The number of fused-ring (bicyclic) bond motifs is 3. The van der Waals surface area contributed by atoms with Gasteiger partial charge in [-0.2, -0.15) is 0 Å². The average molecular weight is 729 g/mol. The molecule has 6 nitrogen and oxygen atoms in total. The van der Waals surface area contributed by atoms with Gasteiger partial charge in [0.05, 0.1) is 11.1 Å². The van der Waals surface area contributed by atoms with E-state index >= 15 is 0 Å². The first-order valence-electron chi connectivity index (χ1n) is 19.0. The van der Waals surface area contributed by atoms with Crippen LogP contribution in [0.4, 0.5) is 0 Å². The maximum atomic E-state index is 12.3. The molecule has 8 aliphatic rings. The van der Waals surface area contributed by atoms with Gasteiger partial charge in [-0.05, 0) is 55.9 Å². The topological polar surface area (TPSA) is 56.0 Å². The Morgan fingerprint density at radius 3 is 0.982 bits per heavy atom. The molecule has 0 aliphatic carbocycles. The normalized spacial score (nSPS) is 12.5. The Morgan fingerprint density at radius 1 is 0.339 bits per heavy atom. The molecule has 0 unspecified atom stereocenters. The summed E-state index contributed by atoms with van der Waals surface area (Å²) >= 11 is 0. The van der Waals surface area contributed by atoms with Crippen molar-refractivity contribution in [1.29, 1.82) is 0 Å². The summed E-state index contributed by atoms with van der Waals surface area (Å²) in [6, 6.07) is 46.3. The summed E-state index contributed by atoms with van der Waals surface area (Å²) in [4.78, 5) is 0. The summed E-state index contributed by atoms with van der Waals surface area (Å²) in [5.41, 5.74) is 9.84. The summed E-state index contributed by atoms with van der Waals surface area (Å²) in [7, 11) is 0. The number of hydrogen-bond donors (Lipinski definition) is 2. The minimum atomic E-state index is 0.168. The van der Waals surface area contributed by atoms with Gasteiger partial charge in [-0.25, -0.2) is 18.3 Å². The van der Waals surface area contributed by atoms with Crippen molar-refractivity contribution in [2.75, 3.05) is 0 Å². The van der Waals surface area contributed by atoms with E-state index < -0.39 is 0 Å². The van der Waals surface area contributed by atoms with Gasteiger partial charge in [0.25, 0.3) is 0 Å². The largest absolute Gasteiger partial charge is 0.507 e. The quantitative estimate of drug-likeness (QED) is 0.155. The van der Waals surface area contributed by atoms with Crippen molar-refractivity contribution in [2.24, 2.45) is 0 Å². The van der Waals surface area contributed by atoms with Crippen LogP contribution in [-0.4, -0.2) is 10.2 Å². The van der Waals surface area contributed by atoms with E-state index in [0.29, 0.717) is 24.2 Å². The van der Waals surface area contributed by atoms with Crippen LogP contribution >= 0.6 is 0 Å². The van der Waals surface area contributed by atoms with Gasteiger partial charge < -0.3 is 10.2 Å². The van der Waals surface area contributed by atoms with Crippen LogP contribution in [-0.2, 0) is 26.2 Å². The zero-order valence-corrected chi connectivity index (χ0v) is 30.8. The highest BCUT2D eigenvalue weighted by atomic mass is 16.3. The van der Waals surface area contributed by atoms with Gasteiger partial charge in [0.1, 0.15) is 11.5 Å². The summed E-state index contributed by atoms with van der Waals surface area (Å²) < 4.78 is 8.58. The number of phenols is 2. The predicted molar refractivity (Wildman–Crippen MR) is 218 cm³/mol. The third-order valence-electron chi connectivity index (χ3n) is 11.1. The zero-order chi connectivity index (χ0) is 37.6. The zero-order valence-electron chi connectivity index (χ0n) is 30.8. The van der Waals surface area contributed by atoms with E-state index in [2.05, 4.69) is 165 Å². The Bertz CT molecular complexity index is 2690. The van der Waals surface area contributed by atoms with Crippen molar-refractivity contribution in [2.45, 2.75) is 26.2 Å². The lowest BCUT2D eigenvalue weighted by Crippen LogP contribution is -2.34. The number of hydrogen-bond acceptors (Lipinski definition) is 2. The molecule has 4 aromatic heterocycles. The molecule has 6 heteroatoms. The molecule has 8 aliphatic heterocycles. The number of pyridine rings is 4. The standard InChI is InChI=1S/C50H38N4O2/c55-49-43-29-41-5-1-3-7-45(41)47(49)48-46-8-4-2-6-42(46)30-44(50(48)56)34-54-27-19-40(20-28-54)38-15-23-52(24-16-38)32-36-11-9-35(10-12-36)31-51-21-13-37(14-22-51)39-17-25-53(33-43)26-18-39/h1-30H,31-34H2/q+2/p+2. The lowest BCUT2D eigenvalue weighted by Gasteiger charge is -2.18. The Kier molecular flexibility index (Phi) is 8.29. The molecule has 0 spiro atoms. The highest BCUT2D eigenvalue weighted by Gasteiger charge is 2.24. The fraction of sp³-hybridized carbons (Fsp3) is 0.0800. The van der Waals surface area contributed by atoms with Crippen LogP contribution in [0.15, 0.2) is 183 Å². The van der Waals surface area contributed by atoms with Gasteiger partial charge in [0, 0.05) is 70.8 Å². The molecule has 5 aromatic carbocycles. The molecule has 14 bridgehead atoms. The van der Waals surface area contributed by atoms with Gasteiger partial charge in [0.2, 0.25) is 0 Å². The molecular formula is C50H40N4O2+4. The van der Waals surface area contributed by atoms with E-state index in [1.54, 1.807) is 0 Å². The van der Waals surface area contributed by atoms with Gasteiger partial charge in [-0.15, -0.1) is 0 Å². The molecule has 0 radical (unpaired) electrons. The Balaban J connectivity index is 1.11. The van der Waals surface area contributed by atoms with Crippen molar-refractivity contribution < 1.29 is 28.5 Å². The predicted octanol–water partition coefficient (Wildman–Crippen LogP) is 8.06. The van der Waals surface area contributed by atoms with Crippen LogP contribution < -0.4 is 18.3 Å². The number of aromatic nitrogens is 4. The van der Waals surface area contributed by atoms with Crippen LogP contribution in [0, 0.1) is 0 Å². The van der Waals surface area contributed by atoms with Crippen molar-refractivity contribution in [1.82, 2.24) is 0 Å². The van der Waals surface area contributed by atoms with Gasteiger partial charge in [-0.3, -0.25) is 0 Å². The smallest absolute Gasteiger partial charge is 0.177 e. The average Bonchev–Trinajstić information content (AvgIpc) is 3.24. The molecule has 0 saturated heterocycles. The van der Waals surface area contributed by atoms with E-state index in [9.17, 15) is 10.2 Å². The van der Waals surface area contributed by atoms with E-state index in [-0.39, 0.29) is 11.5 Å². The second kappa shape index (κ2) is 13.9. The highest BCUT2D eigenvalue weighted by molar-refractivity contribution is 6.10. The molecule has 0 saturated carbocycles. The summed E-state index contributed by atoms with van der Waals surface area (Å²) in [5.74, 6) is 0.335. The molecule has 2 N–H and O–H groups in total. The Labute approximate surface area is 325 Å². The maximum Gasteiger partial charge on any atom is 0.177 e. The first-order valence-corrected chi connectivity index (χ1v) is 19.0. The van der Waals surface area contributed by atoms with E-state index in [1.807, 2.05) is 36.4 Å². The number of aromatic hydroxyl groups is 2. The number of nitrogens with zero attached hydrogens (tertiary/aromatic N) is 4. The van der Waals surface area contributed by atoms with Crippen LogP contribution in [0.3, 0.4) is 0 Å². The van der Waals surface area contributed by atoms with Crippen LogP contribution in [0.25, 0.3) is 54.9 Å². The van der Waals surface area contributed by atoms with Gasteiger partial charge >= 0.3 is 0 Å². The third kappa shape index (κ3) is 6.31. The van der Waals surface area contributed by atoms with Gasteiger partial charge in [-0.1, -0.05) is 72.8 Å². The fourth-order valence-electron chi connectivity index (χ4n) is 8.12. The van der Waals surface area contributed by atoms with E-state index in [4.69, 9.17) is 0 Å². The van der Waals surface area contributed by atoms with Crippen molar-refractivity contribution >= 4 is 21.5 Å². The molecule has 56 heavy (non-hydrogen) atoms. The molecule has 0 amide bonds. The second-order valence-electron chi connectivity index (χ2n) is 14.8. The SMILES string of the molecule is Oc1c2cc3ccccc3c1-c1c(O)c(cc3ccccc13)C[n+]1ccc(cc1)-c1cc[n+](cc1)Cc1ccc(cc1)C[n+]1ccc(cc1)-c1cc[n+](cc1)C2. The summed E-state index contributed by atoms with van der Waals surface area (Å²) in [5, 5.41) is 28.3. The number of phenolic OH excluding ortho intramolecular Hbond substituents is 2. The van der Waals surface area contributed by atoms with Crippen molar-refractivity contribution in [3.05, 3.63) is 205 Å². The van der Waals surface area contributed by atoms with E-state index in [1.165, 1.54) is 11.1 Å². The monoisotopic (exact) mass is 728 g/mol. The molecular weight excluding hydrogens is 689 g/mol. The molecule has 268 valence electrons. The third-order valence-corrected chi connectivity index (χ3v) is 11.1. The lowest BCUT2D eigenvalue weighted by molar-refractivity contribution is -0.689. The molecule has 0 atom stereocenters. The van der Waals surface area contributed by atoms with Gasteiger partial charge in [0.15, 0.2) is 75.8 Å². The minimum absolute atomic E-state index is 0.168. The summed E-state index contributed by atoms with van der Waals surface area (Å²) in [6.45, 7) is 2.51. The van der Waals surface area contributed by atoms with Crippen molar-refractivity contribution in [3.63, 3.8) is 0 Å². The number of rotatable bonds is 0. The first kappa shape index (κ1) is 33.4. The Hall–Kier alpha value is -7.18. The summed E-state index contributed by atoms with van der Waals surface area (Å²) in [6.07, 6.45) is 16.8. The van der Waals surface area contributed by atoms with Crippen LogP contribution in [0.1, 0.15) is 22.3 Å². The lowest BCUT2D eigenvalue weighted by atomic mass is 9.88. The highest BCUT2D eigenvalue weighted by Crippen LogP contribution is 2.47. The fourth-order valence-corrected chi connectivity index (χ4v) is 8.12. The molecule has 9 aromatic rings. The first-order chi connectivity index (χ1) is 27.5. The van der Waals surface area contributed by atoms with E-state index in [0.717, 1.165) is 68.0 Å². The second-order valence-corrected chi connectivity index (χ2v) is 14.8. The van der Waals surface area contributed by atoms with Crippen LogP contribution in [0.2, 0.25) is 0 Å².